The van der Waals surface area contributed by atoms with E-state index in [0.29, 0.717) is 13.2 Å². The number of hydrogen-bond acceptors (Lipinski definition) is 2. The van der Waals surface area contributed by atoms with Crippen LogP contribution in [0, 0.1) is 6.92 Å². The molecule has 0 amide bonds. The van der Waals surface area contributed by atoms with E-state index in [1.165, 1.54) is 21.9 Å². The van der Waals surface area contributed by atoms with Gasteiger partial charge in [0.25, 0.3) is 0 Å². The first kappa shape index (κ1) is 18.6. The van der Waals surface area contributed by atoms with Crippen molar-refractivity contribution in [2.45, 2.75) is 20.1 Å². The van der Waals surface area contributed by atoms with Gasteiger partial charge in [-0.1, -0.05) is 76.6 Å². The van der Waals surface area contributed by atoms with Gasteiger partial charge in [-0.2, -0.15) is 0 Å². The third-order valence-corrected chi connectivity index (χ3v) is 5.39. The topological polar surface area (TPSA) is 21.3 Å². The van der Waals surface area contributed by atoms with Crippen molar-refractivity contribution in [2.24, 2.45) is 0 Å². The zero-order valence-electron chi connectivity index (χ0n) is 15.8. The van der Waals surface area contributed by atoms with E-state index in [1.54, 1.807) is 0 Å². The largest absolute Gasteiger partial charge is 0.489 e. The highest BCUT2D eigenvalue weighted by Crippen LogP contribution is 2.25. The lowest BCUT2D eigenvalue weighted by Gasteiger charge is -2.15. The van der Waals surface area contributed by atoms with Crippen LogP contribution < -0.4 is 10.1 Å². The molecule has 4 rings (SSSR count). The van der Waals surface area contributed by atoms with Crippen LogP contribution in [0.4, 0.5) is 5.69 Å². The molecule has 0 heterocycles. The molecule has 0 spiro atoms. The molecule has 0 bridgehead atoms. The smallest absolute Gasteiger partial charge is 0.124 e. The van der Waals surface area contributed by atoms with Gasteiger partial charge in [0.05, 0.1) is 0 Å². The zero-order chi connectivity index (χ0) is 19.3. The van der Waals surface area contributed by atoms with Gasteiger partial charge in [0.2, 0.25) is 0 Å². The predicted octanol–water partition coefficient (Wildman–Crippen LogP) is 7.10. The third-order valence-electron chi connectivity index (χ3n) is 4.89. The van der Waals surface area contributed by atoms with Gasteiger partial charge in [-0.15, -0.1) is 0 Å². The number of aryl methyl sites for hydroxylation is 1. The van der Waals surface area contributed by atoms with Crippen molar-refractivity contribution >= 4 is 32.4 Å². The van der Waals surface area contributed by atoms with Crippen LogP contribution in [0.2, 0.25) is 0 Å². The molecule has 0 fully saturated rings. The summed E-state index contributed by atoms with van der Waals surface area (Å²) in [6, 6.07) is 29.3. The number of fused-ring (bicyclic) bond motifs is 1. The minimum Gasteiger partial charge on any atom is -0.489 e. The molecule has 0 unspecified atom stereocenters. The molecule has 4 aromatic carbocycles. The SMILES string of the molecule is Cc1cc(Br)ccc1NCc1ccccc1OCc1cccc2ccccc12. The molecular weight excluding hydrogens is 410 g/mol. The predicted molar refractivity (Wildman–Crippen MR) is 121 cm³/mol. The van der Waals surface area contributed by atoms with Crippen LogP contribution in [0.5, 0.6) is 5.75 Å². The summed E-state index contributed by atoms with van der Waals surface area (Å²) >= 11 is 3.52. The number of rotatable bonds is 6. The Morgan fingerprint density at radius 3 is 2.46 bits per heavy atom. The molecule has 0 saturated carbocycles. The summed E-state index contributed by atoms with van der Waals surface area (Å²) < 4.78 is 7.31. The Morgan fingerprint density at radius 2 is 1.57 bits per heavy atom. The Morgan fingerprint density at radius 1 is 0.821 bits per heavy atom. The van der Waals surface area contributed by atoms with Gasteiger partial charge in [0.15, 0.2) is 0 Å². The maximum absolute atomic E-state index is 6.22. The molecule has 140 valence electrons. The number of ether oxygens (including phenoxy) is 1. The van der Waals surface area contributed by atoms with E-state index < -0.39 is 0 Å². The van der Waals surface area contributed by atoms with Crippen molar-refractivity contribution in [3.8, 4) is 5.75 Å². The molecule has 0 atom stereocenters. The lowest BCUT2D eigenvalue weighted by atomic mass is 10.1. The number of hydrogen-bond donors (Lipinski definition) is 1. The van der Waals surface area contributed by atoms with E-state index in [-0.39, 0.29) is 0 Å². The Bertz CT molecular complexity index is 1100. The summed E-state index contributed by atoms with van der Waals surface area (Å²) in [6.45, 7) is 3.37. The van der Waals surface area contributed by atoms with Crippen molar-refractivity contribution < 1.29 is 4.74 Å². The van der Waals surface area contributed by atoms with Crippen molar-refractivity contribution in [2.75, 3.05) is 5.32 Å². The molecule has 0 aromatic heterocycles. The first-order valence-corrected chi connectivity index (χ1v) is 10.2. The number of nitrogens with one attached hydrogen (secondary N) is 1. The quantitative estimate of drug-likeness (QED) is 0.351. The summed E-state index contributed by atoms with van der Waals surface area (Å²) in [5, 5.41) is 6.01. The van der Waals surface area contributed by atoms with Crippen molar-refractivity contribution in [1.29, 1.82) is 0 Å². The maximum atomic E-state index is 6.22. The number of para-hydroxylation sites is 1. The minimum absolute atomic E-state index is 0.551. The van der Waals surface area contributed by atoms with Crippen molar-refractivity contribution in [3.05, 3.63) is 106 Å². The second-order valence-electron chi connectivity index (χ2n) is 6.85. The lowest BCUT2D eigenvalue weighted by molar-refractivity contribution is 0.304. The van der Waals surface area contributed by atoms with Gasteiger partial charge in [0, 0.05) is 22.3 Å². The van der Waals surface area contributed by atoms with Gasteiger partial charge in [0.1, 0.15) is 12.4 Å². The number of anilines is 1. The highest BCUT2D eigenvalue weighted by Gasteiger charge is 2.07. The van der Waals surface area contributed by atoms with E-state index in [9.17, 15) is 0 Å². The Labute approximate surface area is 174 Å². The normalized spacial score (nSPS) is 10.8. The molecule has 0 aliphatic heterocycles. The highest BCUT2D eigenvalue weighted by molar-refractivity contribution is 9.10. The van der Waals surface area contributed by atoms with Crippen LogP contribution in [-0.4, -0.2) is 0 Å². The maximum Gasteiger partial charge on any atom is 0.124 e. The number of halogens is 1. The highest BCUT2D eigenvalue weighted by atomic mass is 79.9. The molecule has 1 N–H and O–H groups in total. The second-order valence-corrected chi connectivity index (χ2v) is 7.76. The fourth-order valence-electron chi connectivity index (χ4n) is 3.38. The van der Waals surface area contributed by atoms with Crippen LogP contribution in [0.15, 0.2) is 89.4 Å². The molecular formula is C25H22BrNO. The zero-order valence-corrected chi connectivity index (χ0v) is 17.4. The molecule has 0 saturated heterocycles. The molecule has 0 aliphatic carbocycles. The van der Waals surface area contributed by atoms with E-state index in [1.807, 2.05) is 12.1 Å². The van der Waals surface area contributed by atoms with Crippen LogP contribution in [0.1, 0.15) is 16.7 Å². The van der Waals surface area contributed by atoms with Crippen LogP contribution in [0.3, 0.4) is 0 Å². The van der Waals surface area contributed by atoms with E-state index in [2.05, 4.69) is 101 Å². The number of benzene rings is 4. The summed E-state index contributed by atoms with van der Waals surface area (Å²) in [6.07, 6.45) is 0. The van der Waals surface area contributed by atoms with Gasteiger partial charge in [-0.3, -0.25) is 0 Å². The summed E-state index contributed by atoms with van der Waals surface area (Å²) in [4.78, 5) is 0. The fourth-order valence-corrected chi connectivity index (χ4v) is 3.86. The standard InChI is InChI=1S/C25H22BrNO/c1-18-15-22(26)13-14-24(18)27-16-20-8-3-5-12-25(20)28-17-21-10-6-9-19-7-2-4-11-23(19)21/h2-15,27H,16-17H2,1H3. The van der Waals surface area contributed by atoms with Crippen LogP contribution in [0.25, 0.3) is 10.8 Å². The molecule has 0 aliphatic rings. The first-order valence-electron chi connectivity index (χ1n) is 9.38. The van der Waals surface area contributed by atoms with Crippen LogP contribution >= 0.6 is 15.9 Å². The molecule has 3 heteroatoms. The Kier molecular flexibility index (Phi) is 5.63. The van der Waals surface area contributed by atoms with Gasteiger partial charge < -0.3 is 10.1 Å². The first-order chi connectivity index (χ1) is 13.7. The summed E-state index contributed by atoms with van der Waals surface area (Å²) in [7, 11) is 0. The van der Waals surface area contributed by atoms with E-state index in [0.717, 1.165) is 21.5 Å². The molecule has 28 heavy (non-hydrogen) atoms. The monoisotopic (exact) mass is 431 g/mol. The van der Waals surface area contributed by atoms with Crippen molar-refractivity contribution in [1.82, 2.24) is 0 Å². The Hall–Kier alpha value is -2.78. The molecule has 4 aromatic rings. The van der Waals surface area contributed by atoms with Gasteiger partial charge in [-0.05, 0) is 53.1 Å². The average molecular weight is 432 g/mol. The average Bonchev–Trinajstić information content (AvgIpc) is 2.72. The summed E-state index contributed by atoms with van der Waals surface area (Å²) in [5.41, 5.74) is 4.69. The second kappa shape index (κ2) is 8.49. The minimum atomic E-state index is 0.551. The van der Waals surface area contributed by atoms with Crippen molar-refractivity contribution in [3.63, 3.8) is 0 Å². The fraction of sp³-hybridized carbons (Fsp3) is 0.120. The molecule has 0 radical (unpaired) electrons. The van der Waals surface area contributed by atoms with Gasteiger partial charge >= 0.3 is 0 Å². The Balaban J connectivity index is 1.50. The van der Waals surface area contributed by atoms with E-state index in [4.69, 9.17) is 4.74 Å². The lowest BCUT2D eigenvalue weighted by Crippen LogP contribution is -2.04. The summed E-state index contributed by atoms with van der Waals surface area (Å²) in [5.74, 6) is 0.915. The van der Waals surface area contributed by atoms with Gasteiger partial charge in [-0.25, -0.2) is 0 Å². The van der Waals surface area contributed by atoms with E-state index >= 15 is 0 Å². The van der Waals surface area contributed by atoms with Crippen LogP contribution in [-0.2, 0) is 13.2 Å². The molecule has 2 nitrogen and oxygen atoms in total. The third kappa shape index (κ3) is 4.20.